The number of rotatable bonds is 11. The summed E-state index contributed by atoms with van der Waals surface area (Å²) >= 11 is 0. The molecule has 7 nitrogen and oxygen atoms in total. The van der Waals surface area contributed by atoms with Gasteiger partial charge >= 0.3 is 0 Å². The van der Waals surface area contributed by atoms with Crippen LogP contribution in [0.25, 0.3) is 0 Å². The number of carbonyl (C=O) groups is 1. The fourth-order valence-corrected chi connectivity index (χ4v) is 8.09. The number of ketones is 1. The fraction of sp³-hybridized carbons (Fsp3) is 0.438. The maximum atomic E-state index is 15.1. The highest BCUT2D eigenvalue weighted by atomic mass is 32.2. The molecular weight excluding hydrogens is 596 g/mol. The van der Waals surface area contributed by atoms with E-state index in [1.807, 2.05) is 0 Å². The molecule has 1 aromatic heterocycles. The lowest BCUT2D eigenvalue weighted by molar-refractivity contribution is -0.118. The normalized spacial score (nSPS) is 19.1. The molecule has 0 unspecified atom stereocenters. The average molecular weight is 633 g/mol. The molecule has 2 saturated heterocycles. The minimum Gasteiger partial charge on any atom is -0.314 e. The Morgan fingerprint density at radius 1 is 0.909 bits per heavy atom. The first-order valence-electron chi connectivity index (χ1n) is 14.9. The first kappa shape index (κ1) is 32.2. The number of pyridine rings is 1. The lowest BCUT2D eigenvalue weighted by Crippen LogP contribution is -2.58. The van der Waals surface area contributed by atoms with Crippen LogP contribution in [0.3, 0.4) is 0 Å². The number of piperidine rings is 1. The molecule has 3 aromatic rings. The zero-order valence-electron chi connectivity index (χ0n) is 24.3. The molecule has 0 bridgehead atoms. The molecule has 0 amide bonds. The van der Waals surface area contributed by atoms with Crippen LogP contribution >= 0.6 is 0 Å². The van der Waals surface area contributed by atoms with Gasteiger partial charge in [0.15, 0.2) is 0 Å². The Kier molecular flexibility index (Phi) is 10.5. The molecule has 0 aliphatic carbocycles. The van der Waals surface area contributed by atoms with Crippen molar-refractivity contribution in [2.24, 2.45) is 0 Å². The standard InChI is InChI=1S/C32H36F4N4O3S/c33-25-6-4-22(5-7-25)31(23-14-26(34)17-27(35)15-23)18-29(41)16-24-19-38-21-32(36)30(24)9-8-28-20-37-10-13-40(28)44(42,43)39-11-2-1-3-12-39/h4-7,14-15,17,19,21,28,31,37H,1-3,8-13,16,18,20H2/t28-,31-/m0/s1. The molecule has 44 heavy (non-hydrogen) atoms. The van der Waals surface area contributed by atoms with Gasteiger partial charge in [-0.3, -0.25) is 9.78 Å². The van der Waals surface area contributed by atoms with Gasteiger partial charge in [0.2, 0.25) is 0 Å². The molecule has 1 N–H and O–H groups in total. The van der Waals surface area contributed by atoms with Crippen LogP contribution in [0.1, 0.15) is 60.3 Å². The van der Waals surface area contributed by atoms with Gasteiger partial charge in [-0.1, -0.05) is 18.6 Å². The van der Waals surface area contributed by atoms with Crippen molar-refractivity contribution in [2.45, 2.75) is 56.9 Å². The van der Waals surface area contributed by atoms with Crippen molar-refractivity contribution >= 4 is 16.0 Å². The monoisotopic (exact) mass is 632 g/mol. The summed E-state index contributed by atoms with van der Waals surface area (Å²) in [4.78, 5) is 17.4. The smallest absolute Gasteiger partial charge is 0.282 e. The van der Waals surface area contributed by atoms with Crippen molar-refractivity contribution in [1.82, 2.24) is 18.9 Å². The van der Waals surface area contributed by atoms with Gasteiger partial charge in [0, 0.05) is 69.8 Å². The Hall–Kier alpha value is -3.19. The molecule has 2 atom stereocenters. The predicted octanol–water partition coefficient (Wildman–Crippen LogP) is 4.91. The van der Waals surface area contributed by atoms with Gasteiger partial charge in [-0.2, -0.15) is 17.0 Å². The third-order valence-corrected chi connectivity index (χ3v) is 10.5. The van der Waals surface area contributed by atoms with E-state index in [-0.39, 0.29) is 36.2 Å². The molecule has 236 valence electrons. The number of Topliss-reactive ketones (excluding diaryl/α,β-unsaturated/α-hetero) is 1. The Morgan fingerprint density at radius 3 is 2.32 bits per heavy atom. The molecule has 2 aliphatic heterocycles. The van der Waals surface area contributed by atoms with E-state index in [0.717, 1.165) is 43.7 Å². The minimum atomic E-state index is -3.66. The number of aromatic nitrogens is 1. The quantitative estimate of drug-likeness (QED) is 0.304. The molecule has 2 fully saturated rings. The van der Waals surface area contributed by atoms with Gasteiger partial charge in [-0.15, -0.1) is 0 Å². The molecule has 5 rings (SSSR count). The number of carbonyl (C=O) groups excluding carboxylic acids is 1. The van der Waals surface area contributed by atoms with Crippen LogP contribution in [0.2, 0.25) is 0 Å². The second kappa shape index (κ2) is 14.3. The van der Waals surface area contributed by atoms with Gasteiger partial charge in [0.1, 0.15) is 29.1 Å². The van der Waals surface area contributed by atoms with E-state index in [2.05, 4.69) is 10.3 Å². The molecule has 12 heteroatoms. The zero-order chi connectivity index (χ0) is 31.3. The first-order valence-corrected chi connectivity index (χ1v) is 16.3. The van der Waals surface area contributed by atoms with Crippen LogP contribution in [-0.4, -0.2) is 66.6 Å². The second-order valence-electron chi connectivity index (χ2n) is 11.5. The van der Waals surface area contributed by atoms with E-state index in [4.69, 9.17) is 0 Å². The minimum absolute atomic E-state index is 0.168. The summed E-state index contributed by atoms with van der Waals surface area (Å²) in [5.41, 5.74) is 1.37. The number of benzene rings is 2. The molecule has 0 saturated carbocycles. The highest BCUT2D eigenvalue weighted by Crippen LogP contribution is 2.31. The number of piperazine rings is 1. The van der Waals surface area contributed by atoms with Crippen LogP contribution in [0.5, 0.6) is 0 Å². The maximum Gasteiger partial charge on any atom is 0.282 e. The SMILES string of the molecule is O=C(Cc1cncc(F)c1CC[C@H]1CNCCN1S(=O)(=O)N1CCCCC1)C[C@@H](c1ccc(F)cc1)c1cc(F)cc(F)c1. The van der Waals surface area contributed by atoms with Crippen molar-refractivity contribution in [3.05, 3.63) is 100 Å². The number of nitrogens with one attached hydrogen (secondary N) is 1. The van der Waals surface area contributed by atoms with Crippen LogP contribution in [0, 0.1) is 23.3 Å². The molecule has 0 spiro atoms. The van der Waals surface area contributed by atoms with Crippen LogP contribution in [0.4, 0.5) is 17.6 Å². The van der Waals surface area contributed by atoms with Crippen LogP contribution in [-0.2, 0) is 27.8 Å². The molecular formula is C32H36F4N4O3S. The number of nitrogens with zero attached hydrogens (tertiary/aromatic N) is 3. The zero-order valence-corrected chi connectivity index (χ0v) is 25.1. The van der Waals surface area contributed by atoms with E-state index in [0.29, 0.717) is 50.3 Å². The van der Waals surface area contributed by atoms with Crippen LogP contribution in [0.15, 0.2) is 54.9 Å². The molecule has 2 aromatic carbocycles. The van der Waals surface area contributed by atoms with E-state index in [9.17, 15) is 26.4 Å². The lowest BCUT2D eigenvalue weighted by atomic mass is 9.85. The van der Waals surface area contributed by atoms with Crippen molar-refractivity contribution in [3.63, 3.8) is 0 Å². The van der Waals surface area contributed by atoms with Crippen molar-refractivity contribution in [2.75, 3.05) is 32.7 Å². The van der Waals surface area contributed by atoms with E-state index in [1.165, 1.54) is 39.1 Å². The second-order valence-corrected chi connectivity index (χ2v) is 13.3. The predicted molar refractivity (Wildman–Crippen MR) is 158 cm³/mol. The summed E-state index contributed by atoms with van der Waals surface area (Å²) in [6.45, 7) is 2.25. The van der Waals surface area contributed by atoms with Gasteiger partial charge in [0.25, 0.3) is 10.2 Å². The Morgan fingerprint density at radius 2 is 1.61 bits per heavy atom. The maximum absolute atomic E-state index is 15.1. The summed E-state index contributed by atoms with van der Waals surface area (Å²) in [6.07, 6.45) is 5.32. The van der Waals surface area contributed by atoms with Gasteiger partial charge in [-0.05, 0) is 72.2 Å². The fourth-order valence-electron chi connectivity index (χ4n) is 6.19. The Labute approximate surface area is 255 Å². The van der Waals surface area contributed by atoms with Crippen molar-refractivity contribution < 1.29 is 30.8 Å². The number of halogens is 4. The molecule has 3 heterocycles. The highest BCUT2D eigenvalue weighted by Gasteiger charge is 2.37. The third-order valence-electron chi connectivity index (χ3n) is 8.43. The summed E-state index contributed by atoms with van der Waals surface area (Å²) in [7, 11) is -3.66. The van der Waals surface area contributed by atoms with Crippen molar-refractivity contribution in [1.29, 1.82) is 0 Å². The number of hydrogen-bond acceptors (Lipinski definition) is 5. The lowest BCUT2D eigenvalue weighted by Gasteiger charge is -2.39. The van der Waals surface area contributed by atoms with E-state index < -0.39 is 45.4 Å². The van der Waals surface area contributed by atoms with E-state index >= 15 is 4.39 Å². The third kappa shape index (κ3) is 7.71. The molecule has 0 radical (unpaired) electrons. The van der Waals surface area contributed by atoms with Crippen LogP contribution < -0.4 is 5.32 Å². The molecule has 2 aliphatic rings. The van der Waals surface area contributed by atoms with Gasteiger partial charge in [-0.25, -0.2) is 17.6 Å². The first-order chi connectivity index (χ1) is 21.1. The average Bonchev–Trinajstić information content (AvgIpc) is 3.00. The highest BCUT2D eigenvalue weighted by molar-refractivity contribution is 7.86. The van der Waals surface area contributed by atoms with Gasteiger partial charge < -0.3 is 5.32 Å². The van der Waals surface area contributed by atoms with E-state index in [1.54, 1.807) is 0 Å². The largest absolute Gasteiger partial charge is 0.314 e. The van der Waals surface area contributed by atoms with Crippen molar-refractivity contribution in [3.8, 4) is 0 Å². The van der Waals surface area contributed by atoms with Gasteiger partial charge in [0.05, 0.1) is 6.20 Å². The summed E-state index contributed by atoms with van der Waals surface area (Å²) in [5, 5.41) is 3.24. The summed E-state index contributed by atoms with van der Waals surface area (Å²) in [6, 6.07) is 7.98. The Bertz CT molecular complexity index is 1550. The Balaban J connectivity index is 1.33. The summed E-state index contributed by atoms with van der Waals surface area (Å²) in [5.74, 6) is -3.78. The number of hydrogen-bond donors (Lipinski definition) is 1. The topological polar surface area (TPSA) is 82.6 Å². The summed E-state index contributed by atoms with van der Waals surface area (Å²) < 4.78 is 87.0.